The summed E-state index contributed by atoms with van der Waals surface area (Å²) < 4.78 is 22.7. The number of carboxylic acid groups (broad SMARTS) is 1. The van der Waals surface area contributed by atoms with Crippen LogP contribution >= 0.6 is 0 Å². The molecule has 104 valence electrons. The van der Waals surface area contributed by atoms with E-state index in [1.807, 2.05) is 0 Å². The minimum absolute atomic E-state index is 0.0726. The van der Waals surface area contributed by atoms with E-state index in [2.05, 4.69) is 5.32 Å². The summed E-state index contributed by atoms with van der Waals surface area (Å²) in [4.78, 5) is 21.9. The summed E-state index contributed by atoms with van der Waals surface area (Å²) in [6.45, 7) is 0. The van der Waals surface area contributed by atoms with E-state index in [1.165, 1.54) is 18.2 Å². The van der Waals surface area contributed by atoms with Gasteiger partial charge in [-0.2, -0.15) is 0 Å². The van der Waals surface area contributed by atoms with Gasteiger partial charge in [0.25, 0.3) is 0 Å². The van der Waals surface area contributed by atoms with Crippen LogP contribution in [0.5, 0.6) is 0 Å². The van der Waals surface area contributed by atoms with E-state index in [1.54, 1.807) is 6.07 Å². The lowest BCUT2D eigenvalue weighted by atomic mass is 10.2. The van der Waals surface area contributed by atoms with E-state index in [0.29, 0.717) is 5.69 Å². The zero-order chi connectivity index (χ0) is 14.5. The first-order chi connectivity index (χ1) is 8.79. The fourth-order valence-electron chi connectivity index (χ4n) is 1.43. The van der Waals surface area contributed by atoms with Crippen LogP contribution in [0.25, 0.3) is 0 Å². The van der Waals surface area contributed by atoms with Crippen LogP contribution < -0.4 is 5.32 Å². The highest BCUT2D eigenvalue weighted by atomic mass is 32.2. The molecule has 1 aromatic carbocycles. The number of sulfone groups is 1. The molecule has 1 amide bonds. The molecule has 1 aromatic rings. The number of amides is 1. The number of carboxylic acids is 1. The third-order valence-electron chi connectivity index (χ3n) is 2.34. The third-order valence-corrected chi connectivity index (χ3v) is 3.45. The number of rotatable bonds is 6. The predicted molar refractivity (Wildman–Crippen MR) is 69.7 cm³/mol. The summed E-state index contributed by atoms with van der Waals surface area (Å²) in [6, 6.07) is 5.91. The maximum atomic E-state index is 11.5. The second-order valence-electron chi connectivity index (χ2n) is 4.10. The first-order valence-electron chi connectivity index (χ1n) is 5.61. The molecular weight excluding hydrogens is 270 g/mol. The average Bonchev–Trinajstić information content (AvgIpc) is 2.27. The van der Waals surface area contributed by atoms with Gasteiger partial charge in [-0.15, -0.1) is 0 Å². The molecule has 6 nitrogen and oxygen atoms in total. The molecule has 19 heavy (non-hydrogen) atoms. The summed E-state index contributed by atoms with van der Waals surface area (Å²) in [5, 5.41) is 11.0. The molecular formula is C12H15NO5S. The zero-order valence-electron chi connectivity index (χ0n) is 10.4. The van der Waals surface area contributed by atoms with Crippen molar-refractivity contribution in [1.82, 2.24) is 0 Å². The van der Waals surface area contributed by atoms with Crippen LogP contribution in [0.3, 0.4) is 0 Å². The van der Waals surface area contributed by atoms with Crippen LogP contribution in [-0.4, -0.2) is 31.7 Å². The normalized spacial score (nSPS) is 11.0. The quantitative estimate of drug-likeness (QED) is 0.820. The second kappa shape index (κ2) is 6.33. The van der Waals surface area contributed by atoms with Gasteiger partial charge in [-0.25, -0.2) is 8.42 Å². The van der Waals surface area contributed by atoms with Crippen molar-refractivity contribution in [1.29, 1.82) is 0 Å². The van der Waals surface area contributed by atoms with Crippen molar-refractivity contribution < 1.29 is 23.1 Å². The van der Waals surface area contributed by atoms with E-state index in [-0.39, 0.29) is 30.1 Å². The van der Waals surface area contributed by atoms with Crippen molar-refractivity contribution >= 4 is 27.4 Å². The Morgan fingerprint density at radius 1 is 1.26 bits per heavy atom. The molecule has 0 saturated heterocycles. The van der Waals surface area contributed by atoms with Gasteiger partial charge in [0.2, 0.25) is 5.91 Å². The maximum Gasteiger partial charge on any atom is 0.303 e. The van der Waals surface area contributed by atoms with Crippen LogP contribution in [0.4, 0.5) is 5.69 Å². The molecule has 1 rings (SSSR count). The van der Waals surface area contributed by atoms with Gasteiger partial charge < -0.3 is 10.4 Å². The van der Waals surface area contributed by atoms with E-state index < -0.39 is 15.8 Å². The smallest absolute Gasteiger partial charge is 0.303 e. The summed E-state index contributed by atoms with van der Waals surface area (Å²) >= 11 is 0. The highest BCUT2D eigenvalue weighted by molar-refractivity contribution is 7.90. The highest BCUT2D eigenvalue weighted by Gasteiger charge is 2.09. The molecule has 0 aliphatic heterocycles. The Hall–Kier alpha value is -1.89. The van der Waals surface area contributed by atoms with Gasteiger partial charge in [0, 0.05) is 24.8 Å². The van der Waals surface area contributed by atoms with Crippen LogP contribution in [-0.2, 0) is 19.4 Å². The van der Waals surface area contributed by atoms with Crippen LogP contribution in [0.15, 0.2) is 29.2 Å². The highest BCUT2D eigenvalue weighted by Crippen LogP contribution is 2.15. The molecule has 2 N–H and O–H groups in total. The number of hydrogen-bond acceptors (Lipinski definition) is 4. The SMILES string of the molecule is CS(=O)(=O)c1cccc(NC(=O)CCCC(=O)O)c1. The molecule has 0 radical (unpaired) electrons. The van der Waals surface area contributed by atoms with Crippen molar-refractivity contribution in [2.24, 2.45) is 0 Å². The van der Waals surface area contributed by atoms with Gasteiger partial charge in [0.05, 0.1) is 4.90 Å². The lowest BCUT2D eigenvalue weighted by Gasteiger charge is -2.06. The van der Waals surface area contributed by atoms with E-state index in [0.717, 1.165) is 6.26 Å². The Bertz CT molecular complexity index is 580. The van der Waals surface area contributed by atoms with Crippen LogP contribution in [0.2, 0.25) is 0 Å². The van der Waals surface area contributed by atoms with Crippen LogP contribution in [0, 0.1) is 0 Å². The Labute approximate surface area is 111 Å². The minimum Gasteiger partial charge on any atom is -0.481 e. The van der Waals surface area contributed by atoms with Crippen LogP contribution in [0.1, 0.15) is 19.3 Å². The van der Waals surface area contributed by atoms with Crippen molar-refractivity contribution in [2.75, 3.05) is 11.6 Å². The lowest BCUT2D eigenvalue weighted by Crippen LogP contribution is -2.12. The van der Waals surface area contributed by atoms with Gasteiger partial charge in [0.1, 0.15) is 0 Å². The Morgan fingerprint density at radius 2 is 1.95 bits per heavy atom. The molecule has 0 aromatic heterocycles. The average molecular weight is 285 g/mol. The lowest BCUT2D eigenvalue weighted by molar-refractivity contribution is -0.137. The Kier molecular flexibility index (Phi) is 5.05. The summed E-state index contributed by atoms with van der Waals surface area (Å²) in [7, 11) is -3.32. The summed E-state index contributed by atoms with van der Waals surface area (Å²) in [5.41, 5.74) is 0.378. The zero-order valence-corrected chi connectivity index (χ0v) is 11.2. The van der Waals surface area contributed by atoms with Crippen molar-refractivity contribution in [2.45, 2.75) is 24.2 Å². The molecule has 0 fully saturated rings. The molecule has 0 saturated carbocycles. The predicted octanol–water partition coefficient (Wildman–Crippen LogP) is 1.28. The van der Waals surface area contributed by atoms with Crippen molar-refractivity contribution in [3.63, 3.8) is 0 Å². The number of benzene rings is 1. The fraction of sp³-hybridized carbons (Fsp3) is 0.333. The van der Waals surface area contributed by atoms with E-state index in [9.17, 15) is 18.0 Å². The third kappa shape index (κ3) is 5.52. The minimum atomic E-state index is -3.32. The molecule has 0 aliphatic carbocycles. The van der Waals surface area contributed by atoms with Gasteiger partial charge in [-0.3, -0.25) is 9.59 Å². The molecule has 0 atom stereocenters. The molecule has 7 heteroatoms. The topological polar surface area (TPSA) is 101 Å². The number of carbonyl (C=O) groups is 2. The van der Waals surface area contributed by atoms with Gasteiger partial charge in [-0.05, 0) is 24.6 Å². The second-order valence-corrected chi connectivity index (χ2v) is 6.11. The maximum absolute atomic E-state index is 11.5. The van der Waals surface area contributed by atoms with Gasteiger partial charge in [-0.1, -0.05) is 6.07 Å². The number of nitrogens with one attached hydrogen (secondary N) is 1. The van der Waals surface area contributed by atoms with Crippen molar-refractivity contribution in [3.05, 3.63) is 24.3 Å². The fourth-order valence-corrected chi connectivity index (χ4v) is 2.09. The van der Waals surface area contributed by atoms with Gasteiger partial charge in [0.15, 0.2) is 9.84 Å². The Balaban J connectivity index is 2.62. The first kappa shape index (κ1) is 15.2. The Morgan fingerprint density at radius 3 is 2.53 bits per heavy atom. The van der Waals surface area contributed by atoms with Crippen molar-refractivity contribution in [3.8, 4) is 0 Å². The first-order valence-corrected chi connectivity index (χ1v) is 7.50. The standard InChI is InChI=1S/C12H15NO5S/c1-19(17,18)10-5-2-4-9(8-10)13-11(14)6-3-7-12(15)16/h2,4-5,8H,3,6-7H2,1H3,(H,13,14)(H,15,16). The summed E-state index contributed by atoms with van der Waals surface area (Å²) in [5.74, 6) is -1.29. The molecule has 0 spiro atoms. The number of aliphatic carboxylic acids is 1. The number of carbonyl (C=O) groups excluding carboxylic acids is 1. The molecule has 0 aliphatic rings. The monoisotopic (exact) mass is 285 g/mol. The van der Waals surface area contributed by atoms with E-state index >= 15 is 0 Å². The molecule has 0 unspecified atom stereocenters. The number of anilines is 1. The van der Waals surface area contributed by atoms with E-state index in [4.69, 9.17) is 5.11 Å². The summed E-state index contributed by atoms with van der Waals surface area (Å²) in [6.07, 6.45) is 1.33. The number of hydrogen-bond donors (Lipinski definition) is 2. The molecule has 0 bridgehead atoms. The molecule has 0 heterocycles. The van der Waals surface area contributed by atoms with Gasteiger partial charge >= 0.3 is 5.97 Å². The largest absolute Gasteiger partial charge is 0.481 e.